The maximum absolute atomic E-state index is 12.7. The summed E-state index contributed by atoms with van der Waals surface area (Å²) >= 11 is 0. The molecule has 2 unspecified atom stereocenters. The fourth-order valence-electron chi connectivity index (χ4n) is 3.10. The predicted octanol–water partition coefficient (Wildman–Crippen LogP) is 4.79. The lowest BCUT2D eigenvalue weighted by molar-refractivity contribution is -0.166. The molecule has 0 bridgehead atoms. The summed E-state index contributed by atoms with van der Waals surface area (Å²) in [6.45, 7) is 8.07. The Balaban J connectivity index is 5.55. The topological polar surface area (TPSA) is 76.4 Å². The summed E-state index contributed by atoms with van der Waals surface area (Å²) < 4.78 is 10.4. The summed E-state index contributed by atoms with van der Waals surface area (Å²) in [5.41, 5.74) is -1.44. The van der Waals surface area contributed by atoms with E-state index < -0.39 is 23.3 Å². The van der Waals surface area contributed by atoms with Crippen LogP contribution in [0.3, 0.4) is 0 Å². The Labute approximate surface area is 153 Å². The third-order valence-electron chi connectivity index (χ3n) is 4.53. The Morgan fingerprint density at radius 1 is 0.920 bits per heavy atom. The smallest absolute Gasteiger partial charge is 0.327 e. The monoisotopic (exact) mass is 353 g/mol. The van der Waals surface area contributed by atoms with Gasteiger partial charge in [-0.05, 0) is 26.7 Å². The van der Waals surface area contributed by atoms with Crippen LogP contribution in [0.15, 0.2) is 0 Å². The van der Waals surface area contributed by atoms with Gasteiger partial charge in [0.1, 0.15) is 0 Å². The highest BCUT2D eigenvalue weighted by Crippen LogP contribution is 2.39. The molecule has 0 fully saturated rings. The van der Waals surface area contributed by atoms with Crippen molar-refractivity contribution in [1.82, 2.24) is 0 Å². The molecule has 0 aromatic carbocycles. The minimum atomic E-state index is -1.44. The largest absolute Gasteiger partial charge is 0.466 e. The van der Waals surface area contributed by atoms with Gasteiger partial charge in [-0.25, -0.2) is 0 Å². The number of nitriles is 1. The van der Waals surface area contributed by atoms with Gasteiger partial charge < -0.3 is 9.47 Å². The molecule has 25 heavy (non-hydrogen) atoms. The van der Waals surface area contributed by atoms with Gasteiger partial charge in [0.15, 0.2) is 5.41 Å². The van der Waals surface area contributed by atoms with Crippen LogP contribution in [-0.4, -0.2) is 25.2 Å². The van der Waals surface area contributed by atoms with Crippen molar-refractivity contribution in [3.05, 3.63) is 0 Å². The van der Waals surface area contributed by atoms with Crippen molar-refractivity contribution < 1.29 is 19.1 Å². The molecular weight excluding hydrogens is 318 g/mol. The van der Waals surface area contributed by atoms with Crippen LogP contribution in [0.4, 0.5) is 0 Å². The number of carbonyl (C=O) groups is 2. The summed E-state index contributed by atoms with van der Waals surface area (Å²) in [6.07, 6.45) is 7.36. The third kappa shape index (κ3) is 7.46. The number of carbonyl (C=O) groups excluding carboxylic acids is 2. The van der Waals surface area contributed by atoms with Gasteiger partial charge in [-0.2, -0.15) is 5.26 Å². The molecule has 0 saturated carbocycles. The quantitative estimate of drug-likeness (QED) is 0.331. The molecule has 0 aromatic rings. The Hall–Kier alpha value is -1.57. The molecule has 0 aliphatic heterocycles. The summed E-state index contributed by atoms with van der Waals surface area (Å²) in [5, 5.41) is 9.90. The lowest BCUT2D eigenvalue weighted by Crippen LogP contribution is -2.43. The van der Waals surface area contributed by atoms with E-state index in [0.717, 1.165) is 38.5 Å². The van der Waals surface area contributed by atoms with Crippen LogP contribution in [0.25, 0.3) is 0 Å². The van der Waals surface area contributed by atoms with Crippen LogP contribution in [-0.2, 0) is 19.1 Å². The molecule has 0 aliphatic rings. The van der Waals surface area contributed by atoms with E-state index in [-0.39, 0.29) is 13.2 Å². The fraction of sp³-hybridized carbons (Fsp3) is 0.850. The minimum absolute atomic E-state index is 0.196. The highest BCUT2D eigenvalue weighted by molar-refractivity contribution is 5.88. The van der Waals surface area contributed by atoms with E-state index in [0.29, 0.717) is 19.3 Å². The van der Waals surface area contributed by atoms with Crippen LogP contribution < -0.4 is 0 Å². The molecule has 2 atom stereocenters. The predicted molar refractivity (Wildman–Crippen MR) is 97.7 cm³/mol. The highest BCUT2D eigenvalue weighted by Gasteiger charge is 2.51. The van der Waals surface area contributed by atoms with Gasteiger partial charge in [-0.1, -0.05) is 58.8 Å². The molecule has 144 valence electrons. The Morgan fingerprint density at radius 3 is 2.04 bits per heavy atom. The van der Waals surface area contributed by atoms with Crippen LogP contribution in [0.5, 0.6) is 0 Å². The van der Waals surface area contributed by atoms with Crippen molar-refractivity contribution in [2.24, 2.45) is 11.3 Å². The van der Waals surface area contributed by atoms with Crippen molar-refractivity contribution >= 4 is 11.9 Å². The molecular formula is C20H35NO4. The second-order valence-electron chi connectivity index (χ2n) is 6.41. The van der Waals surface area contributed by atoms with Gasteiger partial charge in [0.25, 0.3) is 0 Å². The maximum Gasteiger partial charge on any atom is 0.327 e. The number of esters is 2. The zero-order valence-electron chi connectivity index (χ0n) is 16.4. The second kappa shape index (κ2) is 13.7. The first-order chi connectivity index (χ1) is 12.0. The molecule has 0 aliphatic carbocycles. The zero-order chi connectivity index (χ0) is 19.1. The van der Waals surface area contributed by atoms with E-state index in [1.54, 1.807) is 13.8 Å². The van der Waals surface area contributed by atoms with Gasteiger partial charge in [0.2, 0.25) is 0 Å². The molecule has 0 N–H and O–H groups in total. The molecule has 0 radical (unpaired) electrons. The molecule has 5 heteroatoms. The van der Waals surface area contributed by atoms with Crippen LogP contribution in [0.1, 0.15) is 85.5 Å². The van der Waals surface area contributed by atoms with Crippen molar-refractivity contribution in [2.45, 2.75) is 85.5 Å². The number of hydrogen-bond acceptors (Lipinski definition) is 5. The standard InChI is InChI=1S/C20H35NO4/c1-5-9-11-12-14-17(18(22)24-7-3)20(16-21,15-13-10-6-2)19(23)25-8-4/h17H,5-15H2,1-4H3. The van der Waals surface area contributed by atoms with Gasteiger partial charge in [-0.15, -0.1) is 0 Å². The van der Waals surface area contributed by atoms with Crippen molar-refractivity contribution in [2.75, 3.05) is 13.2 Å². The van der Waals surface area contributed by atoms with E-state index in [2.05, 4.69) is 19.9 Å². The van der Waals surface area contributed by atoms with Gasteiger partial charge >= 0.3 is 11.9 Å². The maximum atomic E-state index is 12.7. The van der Waals surface area contributed by atoms with Crippen molar-refractivity contribution in [3.63, 3.8) is 0 Å². The van der Waals surface area contributed by atoms with E-state index in [9.17, 15) is 14.9 Å². The third-order valence-corrected chi connectivity index (χ3v) is 4.53. The SMILES string of the molecule is CCCCCCC(C(=O)OCC)C(C#N)(CCCCC)C(=O)OCC. The lowest BCUT2D eigenvalue weighted by Gasteiger charge is -2.31. The van der Waals surface area contributed by atoms with Crippen LogP contribution >= 0.6 is 0 Å². The fourth-order valence-corrected chi connectivity index (χ4v) is 3.10. The first kappa shape index (κ1) is 23.4. The Morgan fingerprint density at radius 2 is 1.52 bits per heavy atom. The van der Waals surface area contributed by atoms with Crippen LogP contribution in [0.2, 0.25) is 0 Å². The molecule has 0 rings (SSSR count). The molecule has 0 aromatic heterocycles. The summed E-state index contributed by atoms with van der Waals surface area (Å²) in [7, 11) is 0. The summed E-state index contributed by atoms with van der Waals surface area (Å²) in [4.78, 5) is 25.2. The average Bonchev–Trinajstić information content (AvgIpc) is 2.60. The number of ether oxygens (including phenoxy) is 2. The first-order valence-electron chi connectivity index (χ1n) is 9.79. The Kier molecular flexibility index (Phi) is 12.8. The zero-order valence-corrected chi connectivity index (χ0v) is 16.4. The summed E-state index contributed by atoms with van der Waals surface area (Å²) in [5.74, 6) is -1.79. The molecule has 5 nitrogen and oxygen atoms in total. The summed E-state index contributed by atoms with van der Waals surface area (Å²) in [6, 6.07) is 2.16. The van der Waals surface area contributed by atoms with E-state index in [4.69, 9.17) is 9.47 Å². The molecule has 0 spiro atoms. The van der Waals surface area contributed by atoms with Gasteiger partial charge in [0, 0.05) is 0 Å². The Bertz CT molecular complexity index is 430. The van der Waals surface area contributed by atoms with Crippen LogP contribution in [0, 0.1) is 22.7 Å². The molecule has 0 amide bonds. The van der Waals surface area contributed by atoms with Gasteiger partial charge in [-0.3, -0.25) is 9.59 Å². The molecule has 0 saturated heterocycles. The van der Waals surface area contributed by atoms with E-state index in [1.165, 1.54) is 0 Å². The minimum Gasteiger partial charge on any atom is -0.466 e. The van der Waals surface area contributed by atoms with E-state index >= 15 is 0 Å². The van der Waals surface area contributed by atoms with Gasteiger partial charge in [0.05, 0.1) is 25.2 Å². The average molecular weight is 354 g/mol. The second-order valence-corrected chi connectivity index (χ2v) is 6.41. The number of rotatable bonds is 14. The van der Waals surface area contributed by atoms with Crippen molar-refractivity contribution in [1.29, 1.82) is 5.26 Å². The van der Waals surface area contributed by atoms with E-state index in [1.807, 2.05) is 0 Å². The number of nitrogens with zero attached hydrogens (tertiary/aromatic N) is 1. The number of hydrogen-bond donors (Lipinski definition) is 0. The lowest BCUT2D eigenvalue weighted by atomic mass is 9.70. The van der Waals surface area contributed by atoms with Crippen molar-refractivity contribution in [3.8, 4) is 6.07 Å². The first-order valence-corrected chi connectivity index (χ1v) is 9.79. The number of unbranched alkanes of at least 4 members (excludes halogenated alkanes) is 5. The highest BCUT2D eigenvalue weighted by atomic mass is 16.5. The normalized spacial score (nSPS) is 14.2. The molecule has 0 heterocycles.